The van der Waals surface area contributed by atoms with Crippen molar-refractivity contribution in [3.63, 3.8) is 0 Å². The van der Waals surface area contributed by atoms with Crippen molar-refractivity contribution in [1.82, 2.24) is 14.3 Å². The molecule has 2 heterocycles. The minimum atomic E-state index is -3.37. The zero-order valence-electron chi connectivity index (χ0n) is 16.2. The highest BCUT2D eigenvalue weighted by molar-refractivity contribution is 7.88. The molecule has 3 aromatic rings. The Morgan fingerprint density at radius 1 is 1.15 bits per heavy atom. The van der Waals surface area contributed by atoms with E-state index < -0.39 is 10.0 Å². The maximum Gasteiger partial charge on any atom is 0.215 e. The van der Waals surface area contributed by atoms with Gasteiger partial charge in [0.15, 0.2) is 0 Å². The van der Waals surface area contributed by atoms with E-state index in [9.17, 15) is 8.42 Å². The van der Waals surface area contributed by atoms with E-state index in [-0.39, 0.29) is 5.75 Å². The topological polar surface area (TPSA) is 64.0 Å². The van der Waals surface area contributed by atoms with Gasteiger partial charge < -0.3 is 4.57 Å². The van der Waals surface area contributed by atoms with Gasteiger partial charge in [-0.3, -0.25) is 0 Å². The van der Waals surface area contributed by atoms with E-state index in [0.717, 1.165) is 46.3 Å². The van der Waals surface area contributed by atoms with Gasteiger partial charge in [0.05, 0.1) is 5.75 Å². The summed E-state index contributed by atoms with van der Waals surface area (Å²) in [7, 11) is -3.37. The molecule has 0 bridgehead atoms. The third kappa shape index (κ3) is 4.76. The first-order valence-corrected chi connectivity index (χ1v) is 11.0. The molecule has 27 heavy (non-hydrogen) atoms. The van der Waals surface area contributed by atoms with Crippen LogP contribution in [-0.2, 0) is 28.7 Å². The predicted molar refractivity (Wildman–Crippen MR) is 110 cm³/mol. The summed E-state index contributed by atoms with van der Waals surface area (Å²) in [4.78, 5) is 4.48. The maximum absolute atomic E-state index is 12.5. The summed E-state index contributed by atoms with van der Waals surface area (Å²) < 4.78 is 29.9. The molecule has 0 fully saturated rings. The van der Waals surface area contributed by atoms with Crippen LogP contribution in [0.15, 0.2) is 42.7 Å². The largest absolute Gasteiger partial charge is 0.332 e. The number of fused-ring (bicyclic) bond motifs is 1. The fraction of sp³-hybridized carbons (Fsp3) is 0.381. The number of aryl methyl sites for hydroxylation is 3. The van der Waals surface area contributed by atoms with Crippen LogP contribution in [-0.4, -0.2) is 24.5 Å². The van der Waals surface area contributed by atoms with Gasteiger partial charge in [-0.2, -0.15) is 0 Å². The number of benzene rings is 1. The van der Waals surface area contributed by atoms with Gasteiger partial charge in [0, 0.05) is 30.9 Å². The highest BCUT2D eigenvalue weighted by Crippen LogP contribution is 2.20. The Balaban J connectivity index is 1.69. The first-order chi connectivity index (χ1) is 12.9. The Morgan fingerprint density at radius 2 is 1.96 bits per heavy atom. The van der Waals surface area contributed by atoms with Gasteiger partial charge in [-0.05, 0) is 55.5 Å². The molecule has 0 aliphatic rings. The Hall–Kier alpha value is -2.18. The van der Waals surface area contributed by atoms with Crippen molar-refractivity contribution in [2.45, 2.75) is 45.9 Å². The van der Waals surface area contributed by atoms with E-state index in [0.29, 0.717) is 13.0 Å². The third-order valence-electron chi connectivity index (χ3n) is 4.75. The fourth-order valence-electron chi connectivity index (χ4n) is 3.36. The van der Waals surface area contributed by atoms with Crippen LogP contribution in [0.3, 0.4) is 0 Å². The SMILES string of the molecule is CCCn1cc(CCNS(=O)(=O)Cc2cc(C)ccc2C)c2cccnc21. The second-order valence-electron chi connectivity index (χ2n) is 7.06. The fourth-order valence-corrected chi connectivity index (χ4v) is 4.59. The molecular formula is C21H27N3O2S. The molecule has 0 aliphatic carbocycles. The zero-order valence-corrected chi connectivity index (χ0v) is 17.0. The first-order valence-electron chi connectivity index (χ1n) is 9.36. The summed E-state index contributed by atoms with van der Waals surface area (Å²) in [5.74, 6) is 0.0136. The Bertz CT molecular complexity index is 1040. The maximum atomic E-state index is 12.5. The second-order valence-corrected chi connectivity index (χ2v) is 8.86. The van der Waals surface area contributed by atoms with Crippen molar-refractivity contribution in [1.29, 1.82) is 0 Å². The van der Waals surface area contributed by atoms with Crippen LogP contribution < -0.4 is 4.72 Å². The van der Waals surface area contributed by atoms with Crippen LogP contribution >= 0.6 is 0 Å². The molecule has 3 rings (SSSR count). The van der Waals surface area contributed by atoms with Crippen molar-refractivity contribution in [2.75, 3.05) is 6.54 Å². The Morgan fingerprint density at radius 3 is 2.74 bits per heavy atom. The molecule has 1 aromatic carbocycles. The molecule has 144 valence electrons. The number of sulfonamides is 1. The lowest BCUT2D eigenvalue weighted by molar-refractivity contribution is 0.580. The average Bonchev–Trinajstić information content (AvgIpc) is 2.96. The molecule has 0 spiro atoms. The molecule has 6 heteroatoms. The average molecular weight is 386 g/mol. The molecule has 0 radical (unpaired) electrons. The summed E-state index contributed by atoms with van der Waals surface area (Å²) in [5.41, 5.74) is 5.02. The highest BCUT2D eigenvalue weighted by atomic mass is 32.2. The minimum Gasteiger partial charge on any atom is -0.332 e. The van der Waals surface area contributed by atoms with Crippen LogP contribution in [0, 0.1) is 13.8 Å². The van der Waals surface area contributed by atoms with Crippen LogP contribution in [0.1, 0.15) is 35.6 Å². The molecule has 0 aliphatic heterocycles. The number of rotatable bonds is 8. The van der Waals surface area contributed by atoms with Crippen LogP contribution in [0.5, 0.6) is 0 Å². The standard InChI is InChI=1S/C21H27N3O2S/c1-4-12-24-14-18(20-6-5-10-22-21(20)24)9-11-23-27(25,26)15-19-13-16(2)7-8-17(19)3/h5-8,10,13-14,23H,4,9,11-12,15H2,1-3H3. The summed E-state index contributed by atoms with van der Waals surface area (Å²) in [6.07, 6.45) is 5.57. The summed E-state index contributed by atoms with van der Waals surface area (Å²) in [6, 6.07) is 9.88. The lowest BCUT2D eigenvalue weighted by atomic mass is 10.1. The molecule has 0 amide bonds. The van der Waals surface area contributed by atoms with Crippen LogP contribution in [0.4, 0.5) is 0 Å². The predicted octanol–water partition coefficient (Wildman–Crippen LogP) is 3.73. The van der Waals surface area contributed by atoms with Gasteiger partial charge in [-0.15, -0.1) is 0 Å². The van der Waals surface area contributed by atoms with Crippen molar-refractivity contribution in [3.8, 4) is 0 Å². The molecule has 0 saturated carbocycles. The summed E-state index contributed by atoms with van der Waals surface area (Å²) >= 11 is 0. The van der Waals surface area contributed by atoms with Gasteiger partial charge in [-0.1, -0.05) is 30.7 Å². The van der Waals surface area contributed by atoms with Crippen LogP contribution in [0.2, 0.25) is 0 Å². The van der Waals surface area contributed by atoms with Crippen LogP contribution in [0.25, 0.3) is 11.0 Å². The quantitative estimate of drug-likeness (QED) is 0.643. The van der Waals surface area contributed by atoms with E-state index >= 15 is 0 Å². The summed E-state index contributed by atoms with van der Waals surface area (Å²) in [5, 5.41) is 1.10. The molecular weight excluding hydrogens is 358 g/mol. The van der Waals surface area contributed by atoms with Crippen molar-refractivity contribution >= 4 is 21.1 Å². The molecule has 1 N–H and O–H groups in total. The number of nitrogens with one attached hydrogen (secondary N) is 1. The minimum absolute atomic E-state index is 0.0136. The Labute approximate surface area is 161 Å². The number of nitrogens with zero attached hydrogens (tertiary/aromatic N) is 2. The lowest BCUT2D eigenvalue weighted by Crippen LogP contribution is -2.27. The number of hydrogen-bond donors (Lipinski definition) is 1. The van der Waals surface area contributed by atoms with E-state index in [1.807, 2.05) is 38.1 Å². The third-order valence-corrected chi connectivity index (χ3v) is 6.08. The van der Waals surface area contributed by atoms with Crippen molar-refractivity contribution in [3.05, 3.63) is 65.0 Å². The van der Waals surface area contributed by atoms with Gasteiger partial charge >= 0.3 is 0 Å². The highest BCUT2D eigenvalue weighted by Gasteiger charge is 2.14. The zero-order chi connectivity index (χ0) is 19.4. The smallest absolute Gasteiger partial charge is 0.215 e. The molecule has 0 saturated heterocycles. The number of hydrogen-bond acceptors (Lipinski definition) is 3. The van der Waals surface area contributed by atoms with Gasteiger partial charge in [0.2, 0.25) is 10.0 Å². The monoisotopic (exact) mass is 385 g/mol. The van der Waals surface area contributed by atoms with Crippen molar-refractivity contribution in [2.24, 2.45) is 0 Å². The molecule has 5 nitrogen and oxygen atoms in total. The Kier molecular flexibility index (Phi) is 5.97. The van der Waals surface area contributed by atoms with Gasteiger partial charge in [0.1, 0.15) is 5.65 Å². The molecule has 0 atom stereocenters. The molecule has 0 unspecified atom stereocenters. The molecule has 2 aromatic heterocycles. The van der Waals surface area contributed by atoms with E-state index in [1.165, 1.54) is 0 Å². The number of aromatic nitrogens is 2. The van der Waals surface area contributed by atoms with Crippen molar-refractivity contribution < 1.29 is 8.42 Å². The normalized spacial score (nSPS) is 12.0. The van der Waals surface area contributed by atoms with Gasteiger partial charge in [-0.25, -0.2) is 18.1 Å². The first kappa shape index (κ1) is 19.6. The second kappa shape index (κ2) is 8.23. The van der Waals surface area contributed by atoms with E-state index in [2.05, 4.69) is 33.5 Å². The van der Waals surface area contributed by atoms with Gasteiger partial charge in [0.25, 0.3) is 0 Å². The lowest BCUT2D eigenvalue weighted by Gasteiger charge is -2.09. The number of pyridine rings is 1. The van der Waals surface area contributed by atoms with E-state index in [1.54, 1.807) is 6.20 Å². The summed E-state index contributed by atoms with van der Waals surface area (Å²) in [6.45, 7) is 7.35. The van der Waals surface area contributed by atoms with E-state index in [4.69, 9.17) is 0 Å².